The van der Waals surface area contributed by atoms with Gasteiger partial charge in [0.2, 0.25) is 0 Å². The fraction of sp³-hybridized carbons (Fsp3) is 0.923. The molecule has 0 saturated heterocycles. The molecule has 0 aromatic rings. The van der Waals surface area contributed by atoms with Gasteiger partial charge >= 0.3 is 5.97 Å². The summed E-state index contributed by atoms with van der Waals surface area (Å²) in [6, 6.07) is 0. The van der Waals surface area contributed by atoms with E-state index in [1.807, 2.05) is 0 Å². The van der Waals surface area contributed by atoms with Gasteiger partial charge in [0.15, 0.2) is 0 Å². The summed E-state index contributed by atoms with van der Waals surface area (Å²) < 4.78 is 5.22. The van der Waals surface area contributed by atoms with Crippen molar-refractivity contribution in [3.8, 4) is 0 Å². The van der Waals surface area contributed by atoms with Crippen LogP contribution < -0.4 is 0 Å². The Morgan fingerprint density at radius 2 is 1.93 bits per heavy atom. The molecule has 0 heterocycles. The molecule has 0 aromatic carbocycles. The Morgan fingerprint density at radius 3 is 2.53 bits per heavy atom. The van der Waals surface area contributed by atoms with Crippen LogP contribution in [0, 0.1) is 11.8 Å². The molecule has 1 rings (SSSR count). The van der Waals surface area contributed by atoms with E-state index >= 15 is 0 Å². The minimum absolute atomic E-state index is 0.0163. The van der Waals surface area contributed by atoms with E-state index in [9.17, 15) is 4.79 Å². The second-order valence-electron chi connectivity index (χ2n) is 5.11. The minimum Gasteiger partial charge on any atom is -0.466 e. The molecular weight excluding hydrogens is 188 g/mol. The van der Waals surface area contributed by atoms with Crippen molar-refractivity contribution in [3.05, 3.63) is 0 Å². The normalized spacial score (nSPS) is 18.1. The van der Waals surface area contributed by atoms with E-state index in [0.717, 1.165) is 6.42 Å². The maximum Gasteiger partial charge on any atom is 0.306 e. The average Bonchev–Trinajstić information content (AvgIpc) is 2.18. The monoisotopic (exact) mass is 212 g/mol. The molecule has 88 valence electrons. The Labute approximate surface area is 93.4 Å². The number of rotatable bonds is 5. The first-order valence-electron chi connectivity index (χ1n) is 6.34. The predicted octanol–water partition coefficient (Wildman–Crippen LogP) is 3.55. The summed E-state index contributed by atoms with van der Waals surface area (Å²) >= 11 is 0. The molecule has 15 heavy (non-hydrogen) atoms. The van der Waals surface area contributed by atoms with Gasteiger partial charge in [0.25, 0.3) is 0 Å². The van der Waals surface area contributed by atoms with Crippen molar-refractivity contribution in [1.82, 2.24) is 0 Å². The lowest BCUT2D eigenvalue weighted by atomic mass is 9.87. The zero-order valence-electron chi connectivity index (χ0n) is 10.1. The van der Waals surface area contributed by atoms with Gasteiger partial charge in [-0.1, -0.05) is 33.1 Å². The van der Waals surface area contributed by atoms with Crippen LogP contribution in [0.25, 0.3) is 0 Å². The molecule has 2 heteroatoms. The lowest BCUT2D eigenvalue weighted by Gasteiger charge is -2.20. The molecule has 0 bridgehead atoms. The number of carbonyl (C=O) groups is 1. The topological polar surface area (TPSA) is 26.3 Å². The van der Waals surface area contributed by atoms with Crippen molar-refractivity contribution in [1.29, 1.82) is 0 Å². The van der Waals surface area contributed by atoms with Crippen LogP contribution in [0.3, 0.4) is 0 Å². The molecule has 0 unspecified atom stereocenters. The standard InChI is InChI=1S/C13H24O2/c1-11(2)8-9-15-13(14)10-12-6-4-3-5-7-12/h11-12H,3-10H2,1-2H3. The van der Waals surface area contributed by atoms with Crippen LogP contribution in [0.2, 0.25) is 0 Å². The molecule has 1 fully saturated rings. The first kappa shape index (κ1) is 12.5. The van der Waals surface area contributed by atoms with Crippen molar-refractivity contribution in [2.24, 2.45) is 11.8 Å². The third kappa shape index (κ3) is 5.81. The molecule has 0 amide bonds. The zero-order chi connectivity index (χ0) is 11.1. The smallest absolute Gasteiger partial charge is 0.306 e. The number of esters is 1. The highest BCUT2D eigenvalue weighted by molar-refractivity contribution is 5.69. The van der Waals surface area contributed by atoms with Gasteiger partial charge < -0.3 is 4.74 Å². The number of hydrogen-bond acceptors (Lipinski definition) is 2. The quantitative estimate of drug-likeness (QED) is 0.651. The van der Waals surface area contributed by atoms with Crippen molar-refractivity contribution in [2.45, 2.75) is 58.8 Å². The number of hydrogen-bond donors (Lipinski definition) is 0. The van der Waals surface area contributed by atoms with Crippen LogP contribution >= 0.6 is 0 Å². The predicted molar refractivity (Wildman–Crippen MR) is 61.6 cm³/mol. The molecule has 0 aromatic heterocycles. The maximum absolute atomic E-state index is 11.5. The van der Waals surface area contributed by atoms with Crippen LogP contribution in [0.1, 0.15) is 58.8 Å². The summed E-state index contributed by atoms with van der Waals surface area (Å²) in [7, 11) is 0. The first-order valence-corrected chi connectivity index (χ1v) is 6.34. The lowest BCUT2D eigenvalue weighted by Crippen LogP contribution is -2.15. The summed E-state index contributed by atoms with van der Waals surface area (Å²) in [6.45, 7) is 4.90. The van der Waals surface area contributed by atoms with E-state index in [0.29, 0.717) is 24.9 Å². The number of carbonyl (C=O) groups excluding carboxylic acids is 1. The Hall–Kier alpha value is -0.530. The summed E-state index contributed by atoms with van der Waals surface area (Å²) in [5.41, 5.74) is 0. The Bertz CT molecular complexity index is 181. The first-order chi connectivity index (χ1) is 7.18. The molecule has 1 aliphatic carbocycles. The average molecular weight is 212 g/mol. The second kappa shape index (κ2) is 6.86. The maximum atomic E-state index is 11.5. The van der Waals surface area contributed by atoms with Crippen LogP contribution in [0.4, 0.5) is 0 Å². The molecule has 0 spiro atoms. The highest BCUT2D eigenvalue weighted by atomic mass is 16.5. The third-order valence-corrected chi connectivity index (χ3v) is 3.14. The second-order valence-corrected chi connectivity index (χ2v) is 5.11. The largest absolute Gasteiger partial charge is 0.466 e. The Morgan fingerprint density at radius 1 is 1.27 bits per heavy atom. The summed E-state index contributed by atoms with van der Waals surface area (Å²) in [5, 5.41) is 0. The van der Waals surface area contributed by atoms with Crippen molar-refractivity contribution in [3.63, 3.8) is 0 Å². The SMILES string of the molecule is CC(C)CCOC(=O)CC1CCCCC1. The summed E-state index contributed by atoms with van der Waals surface area (Å²) in [6.07, 6.45) is 8.01. The summed E-state index contributed by atoms with van der Waals surface area (Å²) in [5.74, 6) is 1.24. The van der Waals surface area contributed by atoms with Crippen LogP contribution in [-0.4, -0.2) is 12.6 Å². The van der Waals surface area contributed by atoms with Gasteiger partial charge in [0.05, 0.1) is 6.61 Å². The Kier molecular flexibility index (Phi) is 5.74. The van der Waals surface area contributed by atoms with Gasteiger partial charge in [-0.05, 0) is 31.1 Å². The van der Waals surface area contributed by atoms with E-state index < -0.39 is 0 Å². The summed E-state index contributed by atoms with van der Waals surface area (Å²) in [4.78, 5) is 11.5. The van der Waals surface area contributed by atoms with Gasteiger partial charge in [-0.2, -0.15) is 0 Å². The third-order valence-electron chi connectivity index (χ3n) is 3.14. The fourth-order valence-electron chi connectivity index (χ4n) is 2.09. The molecule has 1 aliphatic rings. The number of ether oxygens (including phenoxy) is 1. The molecule has 0 N–H and O–H groups in total. The van der Waals surface area contributed by atoms with Gasteiger partial charge in [-0.3, -0.25) is 4.79 Å². The van der Waals surface area contributed by atoms with E-state index in [-0.39, 0.29) is 5.97 Å². The van der Waals surface area contributed by atoms with Crippen molar-refractivity contribution >= 4 is 5.97 Å². The van der Waals surface area contributed by atoms with Crippen LogP contribution in [0.15, 0.2) is 0 Å². The lowest BCUT2D eigenvalue weighted by molar-refractivity contribution is -0.145. The molecule has 0 atom stereocenters. The van der Waals surface area contributed by atoms with E-state index in [1.54, 1.807) is 0 Å². The van der Waals surface area contributed by atoms with Gasteiger partial charge in [0.1, 0.15) is 0 Å². The fourth-order valence-corrected chi connectivity index (χ4v) is 2.09. The Balaban J connectivity index is 2.06. The van der Waals surface area contributed by atoms with Gasteiger partial charge in [0, 0.05) is 6.42 Å². The molecule has 0 aliphatic heterocycles. The van der Waals surface area contributed by atoms with Crippen LogP contribution in [-0.2, 0) is 9.53 Å². The highest BCUT2D eigenvalue weighted by Gasteiger charge is 2.17. The van der Waals surface area contributed by atoms with E-state index in [4.69, 9.17) is 4.74 Å². The highest BCUT2D eigenvalue weighted by Crippen LogP contribution is 2.26. The van der Waals surface area contributed by atoms with E-state index in [2.05, 4.69) is 13.8 Å². The molecule has 1 saturated carbocycles. The molecule has 2 nitrogen and oxygen atoms in total. The van der Waals surface area contributed by atoms with Gasteiger partial charge in [-0.25, -0.2) is 0 Å². The molecule has 0 radical (unpaired) electrons. The van der Waals surface area contributed by atoms with Crippen molar-refractivity contribution in [2.75, 3.05) is 6.61 Å². The minimum atomic E-state index is 0.0163. The van der Waals surface area contributed by atoms with Gasteiger partial charge in [-0.15, -0.1) is 0 Å². The van der Waals surface area contributed by atoms with Crippen molar-refractivity contribution < 1.29 is 9.53 Å². The zero-order valence-corrected chi connectivity index (χ0v) is 10.1. The molecular formula is C13H24O2. The van der Waals surface area contributed by atoms with Crippen LogP contribution in [0.5, 0.6) is 0 Å². The van der Waals surface area contributed by atoms with E-state index in [1.165, 1.54) is 32.1 Å².